The highest BCUT2D eigenvalue weighted by molar-refractivity contribution is 6.42. The third kappa shape index (κ3) is 3.39. The van der Waals surface area contributed by atoms with E-state index >= 15 is 0 Å². The molecule has 1 aliphatic rings. The molecule has 1 N–H and O–H groups in total. The molecule has 2 rings (SSSR count). The molecule has 0 radical (unpaired) electrons. The number of halogens is 2. The SMILES string of the molecule is CCN1CCC[C@@H]1CNCc1cccc(Cl)c1Cl. The van der Waals surface area contributed by atoms with E-state index in [0.717, 1.165) is 25.2 Å². The molecule has 0 spiro atoms. The molecule has 0 aromatic heterocycles. The molecular weight excluding hydrogens is 267 g/mol. The van der Waals surface area contributed by atoms with Gasteiger partial charge in [-0.3, -0.25) is 4.90 Å². The lowest BCUT2D eigenvalue weighted by Crippen LogP contribution is -2.37. The van der Waals surface area contributed by atoms with Crippen molar-refractivity contribution in [2.45, 2.75) is 32.4 Å². The van der Waals surface area contributed by atoms with Crippen molar-refractivity contribution in [1.82, 2.24) is 10.2 Å². The average molecular weight is 287 g/mol. The van der Waals surface area contributed by atoms with Crippen LogP contribution in [-0.2, 0) is 6.54 Å². The van der Waals surface area contributed by atoms with Crippen LogP contribution in [0.15, 0.2) is 18.2 Å². The Morgan fingerprint density at radius 1 is 1.39 bits per heavy atom. The third-order valence-corrected chi connectivity index (χ3v) is 4.49. The van der Waals surface area contributed by atoms with Gasteiger partial charge in [-0.15, -0.1) is 0 Å². The molecule has 0 amide bonds. The summed E-state index contributed by atoms with van der Waals surface area (Å²) in [6.07, 6.45) is 2.61. The molecule has 1 atom stereocenters. The second kappa shape index (κ2) is 6.76. The van der Waals surface area contributed by atoms with E-state index in [2.05, 4.69) is 17.1 Å². The largest absolute Gasteiger partial charge is 0.311 e. The van der Waals surface area contributed by atoms with Crippen molar-refractivity contribution in [1.29, 1.82) is 0 Å². The lowest BCUT2D eigenvalue weighted by atomic mass is 10.2. The van der Waals surface area contributed by atoms with Crippen molar-refractivity contribution >= 4 is 23.2 Å². The number of likely N-dealkylation sites (N-methyl/N-ethyl adjacent to an activating group) is 1. The van der Waals surface area contributed by atoms with Crippen LogP contribution >= 0.6 is 23.2 Å². The highest BCUT2D eigenvalue weighted by atomic mass is 35.5. The Balaban J connectivity index is 1.83. The minimum absolute atomic E-state index is 0.631. The highest BCUT2D eigenvalue weighted by Crippen LogP contribution is 2.25. The van der Waals surface area contributed by atoms with E-state index in [1.165, 1.54) is 19.4 Å². The summed E-state index contributed by atoms with van der Waals surface area (Å²) in [5.41, 5.74) is 1.07. The van der Waals surface area contributed by atoms with Gasteiger partial charge in [-0.25, -0.2) is 0 Å². The maximum Gasteiger partial charge on any atom is 0.0637 e. The maximum atomic E-state index is 6.16. The van der Waals surface area contributed by atoms with Gasteiger partial charge in [0.2, 0.25) is 0 Å². The molecule has 1 aliphatic heterocycles. The van der Waals surface area contributed by atoms with Crippen molar-refractivity contribution in [3.05, 3.63) is 33.8 Å². The van der Waals surface area contributed by atoms with E-state index in [-0.39, 0.29) is 0 Å². The number of nitrogens with zero attached hydrogens (tertiary/aromatic N) is 1. The van der Waals surface area contributed by atoms with Gasteiger partial charge in [0.05, 0.1) is 10.0 Å². The van der Waals surface area contributed by atoms with Gasteiger partial charge in [0.25, 0.3) is 0 Å². The summed E-state index contributed by atoms with van der Waals surface area (Å²) in [6.45, 7) is 6.42. The first-order valence-corrected chi connectivity index (χ1v) is 7.35. The van der Waals surface area contributed by atoms with Crippen molar-refractivity contribution in [2.75, 3.05) is 19.6 Å². The molecule has 1 aromatic rings. The second-order valence-electron chi connectivity index (χ2n) is 4.77. The second-order valence-corrected chi connectivity index (χ2v) is 5.55. The van der Waals surface area contributed by atoms with Crippen LogP contribution in [0.25, 0.3) is 0 Å². The minimum atomic E-state index is 0.631. The number of rotatable bonds is 5. The Morgan fingerprint density at radius 3 is 3.00 bits per heavy atom. The summed E-state index contributed by atoms with van der Waals surface area (Å²) in [6, 6.07) is 6.46. The van der Waals surface area contributed by atoms with Crippen molar-refractivity contribution < 1.29 is 0 Å². The zero-order valence-corrected chi connectivity index (χ0v) is 12.3. The van der Waals surface area contributed by atoms with Gasteiger partial charge in [0, 0.05) is 19.1 Å². The first kappa shape index (κ1) is 14.1. The van der Waals surface area contributed by atoms with Gasteiger partial charge < -0.3 is 5.32 Å². The van der Waals surface area contributed by atoms with Gasteiger partial charge >= 0.3 is 0 Å². The summed E-state index contributed by atoms with van der Waals surface area (Å²) in [5.74, 6) is 0. The maximum absolute atomic E-state index is 6.16. The first-order valence-electron chi connectivity index (χ1n) is 6.60. The average Bonchev–Trinajstić information content (AvgIpc) is 2.82. The summed E-state index contributed by atoms with van der Waals surface area (Å²) in [4.78, 5) is 2.53. The molecule has 1 fully saturated rings. The first-order chi connectivity index (χ1) is 8.72. The minimum Gasteiger partial charge on any atom is -0.311 e. The standard InChI is InChI=1S/C14H20Cl2N2/c1-2-18-8-4-6-12(18)10-17-9-11-5-3-7-13(15)14(11)16/h3,5,7,12,17H,2,4,6,8-10H2,1H3/t12-/m1/s1. The molecule has 0 bridgehead atoms. The van der Waals surface area contributed by atoms with Crippen molar-refractivity contribution in [3.8, 4) is 0 Å². The van der Waals surface area contributed by atoms with Gasteiger partial charge in [-0.05, 0) is 37.6 Å². The molecule has 18 heavy (non-hydrogen) atoms. The van der Waals surface area contributed by atoms with Gasteiger partial charge in [0.1, 0.15) is 0 Å². The fourth-order valence-corrected chi connectivity index (χ4v) is 2.99. The van der Waals surface area contributed by atoms with Gasteiger partial charge in [-0.2, -0.15) is 0 Å². The Labute approximate surface area is 119 Å². The molecule has 1 aromatic carbocycles. The van der Waals surface area contributed by atoms with Crippen LogP contribution in [-0.4, -0.2) is 30.6 Å². The zero-order valence-electron chi connectivity index (χ0n) is 10.8. The lowest BCUT2D eigenvalue weighted by molar-refractivity contribution is 0.260. The summed E-state index contributed by atoms with van der Waals surface area (Å²) >= 11 is 12.2. The van der Waals surface area contributed by atoms with Crippen molar-refractivity contribution in [3.63, 3.8) is 0 Å². The molecule has 4 heteroatoms. The summed E-state index contributed by atoms with van der Waals surface area (Å²) in [5, 5.41) is 4.79. The Hall–Kier alpha value is -0.280. The number of hydrogen-bond donors (Lipinski definition) is 1. The number of hydrogen-bond acceptors (Lipinski definition) is 2. The van der Waals surface area contributed by atoms with E-state index in [9.17, 15) is 0 Å². The van der Waals surface area contributed by atoms with Crippen LogP contribution in [0.3, 0.4) is 0 Å². The van der Waals surface area contributed by atoms with Crippen LogP contribution in [0.4, 0.5) is 0 Å². The molecule has 0 aliphatic carbocycles. The molecular formula is C14H20Cl2N2. The highest BCUT2D eigenvalue weighted by Gasteiger charge is 2.22. The van der Waals surface area contributed by atoms with E-state index in [4.69, 9.17) is 23.2 Å². The predicted octanol–water partition coefficient (Wildman–Crippen LogP) is 3.57. The number of likely N-dealkylation sites (tertiary alicyclic amines) is 1. The van der Waals surface area contributed by atoms with Crippen LogP contribution in [0.2, 0.25) is 10.0 Å². The lowest BCUT2D eigenvalue weighted by Gasteiger charge is -2.23. The van der Waals surface area contributed by atoms with Crippen LogP contribution < -0.4 is 5.32 Å². The van der Waals surface area contributed by atoms with E-state index in [0.29, 0.717) is 16.1 Å². The fraction of sp³-hybridized carbons (Fsp3) is 0.571. The molecule has 100 valence electrons. The topological polar surface area (TPSA) is 15.3 Å². The third-order valence-electron chi connectivity index (χ3n) is 3.63. The van der Waals surface area contributed by atoms with E-state index in [1.54, 1.807) is 0 Å². The molecule has 1 heterocycles. The summed E-state index contributed by atoms with van der Waals surface area (Å²) in [7, 11) is 0. The smallest absolute Gasteiger partial charge is 0.0637 e. The molecule has 2 nitrogen and oxygen atoms in total. The monoisotopic (exact) mass is 286 g/mol. The van der Waals surface area contributed by atoms with Crippen molar-refractivity contribution in [2.24, 2.45) is 0 Å². The Morgan fingerprint density at radius 2 is 2.22 bits per heavy atom. The Bertz CT molecular complexity index is 395. The normalized spacial score (nSPS) is 20.5. The quantitative estimate of drug-likeness (QED) is 0.890. The molecule has 0 unspecified atom stereocenters. The molecule has 0 saturated carbocycles. The van der Waals surface area contributed by atoms with Gasteiger partial charge in [-0.1, -0.05) is 42.3 Å². The molecule has 1 saturated heterocycles. The van der Waals surface area contributed by atoms with Crippen LogP contribution in [0.1, 0.15) is 25.3 Å². The van der Waals surface area contributed by atoms with E-state index in [1.807, 2.05) is 18.2 Å². The van der Waals surface area contributed by atoms with E-state index < -0.39 is 0 Å². The van der Waals surface area contributed by atoms with Crippen LogP contribution in [0.5, 0.6) is 0 Å². The predicted molar refractivity (Wildman–Crippen MR) is 78.4 cm³/mol. The summed E-state index contributed by atoms with van der Waals surface area (Å²) < 4.78 is 0. The number of nitrogens with one attached hydrogen (secondary N) is 1. The number of benzene rings is 1. The fourth-order valence-electron chi connectivity index (χ4n) is 2.60. The van der Waals surface area contributed by atoms with Gasteiger partial charge in [0.15, 0.2) is 0 Å². The van der Waals surface area contributed by atoms with Crippen LogP contribution in [0, 0.1) is 0 Å². The Kier molecular flexibility index (Phi) is 5.31. The zero-order chi connectivity index (χ0) is 13.0.